The molecule has 19 heavy (non-hydrogen) atoms. The molecule has 0 aromatic heterocycles. The van der Waals surface area contributed by atoms with Crippen molar-refractivity contribution in [3.8, 4) is 11.1 Å². The Morgan fingerprint density at radius 3 is 2.32 bits per heavy atom. The molecule has 2 aromatic carbocycles. The van der Waals surface area contributed by atoms with Crippen LogP contribution in [0.15, 0.2) is 46.9 Å². The van der Waals surface area contributed by atoms with Crippen LogP contribution in [0.4, 0.5) is 0 Å². The first-order chi connectivity index (χ1) is 8.85. The van der Waals surface area contributed by atoms with Crippen LogP contribution in [-0.2, 0) is 11.0 Å². The van der Waals surface area contributed by atoms with Crippen molar-refractivity contribution in [2.45, 2.75) is 31.8 Å². The minimum Gasteiger partial charge on any atom is -0.385 e. The second-order valence-electron chi connectivity index (χ2n) is 5.93. The predicted octanol–water partition coefficient (Wildman–Crippen LogP) is 4.61. The fraction of sp³-hybridized carbons (Fsp3) is 0.294. The second-order valence-corrected chi connectivity index (χ2v) is 6.85. The van der Waals surface area contributed by atoms with Crippen molar-refractivity contribution < 1.29 is 5.11 Å². The highest BCUT2D eigenvalue weighted by Gasteiger charge is 2.47. The van der Waals surface area contributed by atoms with Crippen LogP contribution in [0.3, 0.4) is 0 Å². The Balaban J connectivity index is 2.43. The van der Waals surface area contributed by atoms with Crippen LogP contribution in [-0.4, -0.2) is 5.11 Å². The third-order valence-corrected chi connectivity index (χ3v) is 5.11. The molecule has 1 aliphatic rings. The largest absolute Gasteiger partial charge is 0.385 e. The number of hydrogen-bond acceptors (Lipinski definition) is 1. The van der Waals surface area contributed by atoms with E-state index >= 15 is 0 Å². The van der Waals surface area contributed by atoms with E-state index in [0.717, 1.165) is 15.6 Å². The number of hydrogen-bond donors (Lipinski definition) is 1. The molecular formula is C17H17BrO. The number of benzene rings is 2. The van der Waals surface area contributed by atoms with Crippen molar-refractivity contribution >= 4 is 15.9 Å². The van der Waals surface area contributed by atoms with E-state index in [-0.39, 0.29) is 5.41 Å². The van der Waals surface area contributed by atoms with Gasteiger partial charge in [0.05, 0.1) is 5.60 Å². The number of halogens is 1. The highest BCUT2D eigenvalue weighted by molar-refractivity contribution is 9.10. The third-order valence-electron chi connectivity index (χ3n) is 4.61. The summed E-state index contributed by atoms with van der Waals surface area (Å²) in [5.74, 6) is 0. The molecule has 2 heteroatoms. The Kier molecular flexibility index (Phi) is 2.67. The molecule has 0 spiro atoms. The molecule has 98 valence electrons. The van der Waals surface area contributed by atoms with Gasteiger partial charge in [-0.1, -0.05) is 60.1 Å². The van der Waals surface area contributed by atoms with Crippen LogP contribution in [0, 0.1) is 0 Å². The van der Waals surface area contributed by atoms with Gasteiger partial charge in [-0.15, -0.1) is 0 Å². The quantitative estimate of drug-likeness (QED) is 0.752. The van der Waals surface area contributed by atoms with E-state index in [1.165, 1.54) is 11.1 Å². The SMILES string of the molecule is CC1(C)c2ccc(Br)cc2-c2ccccc2C1(C)O. The van der Waals surface area contributed by atoms with Crippen molar-refractivity contribution in [2.24, 2.45) is 0 Å². The van der Waals surface area contributed by atoms with Gasteiger partial charge in [0.25, 0.3) is 0 Å². The molecule has 0 heterocycles. The van der Waals surface area contributed by atoms with Crippen LogP contribution in [0.1, 0.15) is 31.9 Å². The maximum absolute atomic E-state index is 11.1. The van der Waals surface area contributed by atoms with Gasteiger partial charge in [-0.2, -0.15) is 0 Å². The first-order valence-electron chi connectivity index (χ1n) is 6.48. The van der Waals surface area contributed by atoms with Gasteiger partial charge in [-0.3, -0.25) is 0 Å². The number of fused-ring (bicyclic) bond motifs is 3. The lowest BCUT2D eigenvalue weighted by molar-refractivity contribution is -0.0152. The summed E-state index contributed by atoms with van der Waals surface area (Å²) in [7, 11) is 0. The van der Waals surface area contributed by atoms with Gasteiger partial charge < -0.3 is 5.11 Å². The maximum Gasteiger partial charge on any atom is 0.0965 e. The van der Waals surface area contributed by atoms with Crippen LogP contribution < -0.4 is 0 Å². The Morgan fingerprint density at radius 1 is 0.895 bits per heavy atom. The van der Waals surface area contributed by atoms with E-state index in [1.54, 1.807) is 0 Å². The zero-order valence-electron chi connectivity index (χ0n) is 11.4. The molecule has 0 fully saturated rings. The van der Waals surface area contributed by atoms with Crippen molar-refractivity contribution in [3.63, 3.8) is 0 Å². The van der Waals surface area contributed by atoms with Gasteiger partial charge in [-0.25, -0.2) is 0 Å². The third kappa shape index (κ3) is 1.63. The van der Waals surface area contributed by atoms with Crippen LogP contribution in [0.2, 0.25) is 0 Å². The summed E-state index contributed by atoms with van der Waals surface area (Å²) in [6.45, 7) is 6.13. The summed E-state index contributed by atoms with van der Waals surface area (Å²) in [5.41, 5.74) is 3.34. The zero-order chi connectivity index (χ0) is 13.8. The second kappa shape index (κ2) is 3.94. The Bertz CT molecular complexity index is 656. The molecule has 1 nitrogen and oxygen atoms in total. The number of rotatable bonds is 0. The molecule has 0 amide bonds. The Labute approximate surface area is 122 Å². The minimum absolute atomic E-state index is 0.322. The standard InChI is InChI=1S/C17H17BrO/c1-16(2)14-9-8-11(18)10-13(14)12-6-4-5-7-15(12)17(16,3)19/h4-10,19H,1-3H3. The van der Waals surface area contributed by atoms with E-state index in [1.807, 2.05) is 31.2 Å². The summed E-state index contributed by atoms with van der Waals surface area (Å²) in [4.78, 5) is 0. The molecule has 3 rings (SSSR count). The molecule has 1 unspecified atom stereocenters. The number of aliphatic hydroxyl groups is 1. The molecule has 0 bridgehead atoms. The predicted molar refractivity (Wildman–Crippen MR) is 82.2 cm³/mol. The van der Waals surface area contributed by atoms with E-state index in [4.69, 9.17) is 0 Å². The highest BCUT2D eigenvalue weighted by Crippen LogP contribution is 2.52. The smallest absolute Gasteiger partial charge is 0.0965 e. The fourth-order valence-electron chi connectivity index (χ4n) is 3.03. The first-order valence-corrected chi connectivity index (χ1v) is 7.27. The van der Waals surface area contributed by atoms with Gasteiger partial charge >= 0.3 is 0 Å². The van der Waals surface area contributed by atoms with E-state index in [9.17, 15) is 5.11 Å². The van der Waals surface area contributed by atoms with E-state index in [0.29, 0.717) is 0 Å². The van der Waals surface area contributed by atoms with Crippen LogP contribution in [0.5, 0.6) is 0 Å². The molecule has 0 saturated heterocycles. The van der Waals surface area contributed by atoms with Crippen molar-refractivity contribution in [3.05, 3.63) is 58.1 Å². The van der Waals surface area contributed by atoms with Crippen LogP contribution >= 0.6 is 15.9 Å². The first kappa shape index (κ1) is 12.9. The van der Waals surface area contributed by atoms with Crippen LogP contribution in [0.25, 0.3) is 11.1 Å². The van der Waals surface area contributed by atoms with Crippen molar-refractivity contribution in [2.75, 3.05) is 0 Å². The molecule has 0 saturated carbocycles. The van der Waals surface area contributed by atoms with Crippen molar-refractivity contribution in [1.82, 2.24) is 0 Å². The summed E-state index contributed by atoms with van der Waals surface area (Å²) in [6.07, 6.45) is 0. The zero-order valence-corrected chi connectivity index (χ0v) is 13.0. The molecule has 0 radical (unpaired) electrons. The minimum atomic E-state index is -0.871. The molecule has 0 aliphatic heterocycles. The molecule has 2 aromatic rings. The lowest BCUT2D eigenvalue weighted by Gasteiger charge is -2.46. The van der Waals surface area contributed by atoms with E-state index in [2.05, 4.69) is 48.0 Å². The fourth-order valence-corrected chi connectivity index (χ4v) is 3.39. The van der Waals surface area contributed by atoms with Gasteiger partial charge in [0.15, 0.2) is 0 Å². The van der Waals surface area contributed by atoms with Gasteiger partial charge in [0.2, 0.25) is 0 Å². The maximum atomic E-state index is 11.1. The summed E-state index contributed by atoms with van der Waals surface area (Å²) < 4.78 is 1.07. The lowest BCUT2D eigenvalue weighted by atomic mass is 9.61. The Hall–Kier alpha value is -1.12. The topological polar surface area (TPSA) is 20.2 Å². The average Bonchev–Trinajstić information content (AvgIpc) is 2.37. The molecule has 1 atom stereocenters. The normalized spacial score (nSPS) is 23.6. The summed E-state index contributed by atoms with van der Waals surface area (Å²) in [5, 5.41) is 11.1. The summed E-state index contributed by atoms with van der Waals surface area (Å²) in [6, 6.07) is 14.4. The highest BCUT2D eigenvalue weighted by atomic mass is 79.9. The van der Waals surface area contributed by atoms with Gasteiger partial charge in [0, 0.05) is 9.89 Å². The lowest BCUT2D eigenvalue weighted by Crippen LogP contribution is -2.45. The van der Waals surface area contributed by atoms with Gasteiger partial charge in [0.1, 0.15) is 0 Å². The van der Waals surface area contributed by atoms with Crippen molar-refractivity contribution in [1.29, 1.82) is 0 Å². The average molecular weight is 317 g/mol. The summed E-state index contributed by atoms with van der Waals surface area (Å²) >= 11 is 3.55. The molecular weight excluding hydrogens is 300 g/mol. The van der Waals surface area contributed by atoms with Gasteiger partial charge in [-0.05, 0) is 41.3 Å². The van der Waals surface area contributed by atoms with E-state index < -0.39 is 5.60 Å². The monoisotopic (exact) mass is 316 g/mol. The molecule has 1 N–H and O–H groups in total. The molecule has 1 aliphatic carbocycles. The Morgan fingerprint density at radius 2 is 1.58 bits per heavy atom.